The molecule has 110 valence electrons. The number of aromatic nitrogens is 1. The van der Waals surface area contributed by atoms with E-state index < -0.39 is 0 Å². The molecule has 4 heteroatoms. The van der Waals surface area contributed by atoms with Crippen LogP contribution in [0.15, 0.2) is 59.1 Å². The summed E-state index contributed by atoms with van der Waals surface area (Å²) >= 11 is 0. The summed E-state index contributed by atoms with van der Waals surface area (Å²) in [5.41, 5.74) is 4.10. The summed E-state index contributed by atoms with van der Waals surface area (Å²) in [6.07, 6.45) is 0. The normalized spacial score (nSPS) is 10.5. The summed E-state index contributed by atoms with van der Waals surface area (Å²) in [6, 6.07) is 17.1. The van der Waals surface area contributed by atoms with Crippen molar-refractivity contribution in [3.8, 4) is 11.3 Å². The van der Waals surface area contributed by atoms with E-state index in [0.29, 0.717) is 5.76 Å². The van der Waals surface area contributed by atoms with Crippen LogP contribution in [0.1, 0.15) is 21.6 Å². The van der Waals surface area contributed by atoms with Crippen LogP contribution in [0, 0.1) is 13.8 Å². The van der Waals surface area contributed by atoms with Gasteiger partial charge in [0.2, 0.25) is 0 Å². The van der Waals surface area contributed by atoms with E-state index in [9.17, 15) is 4.79 Å². The SMILES string of the molecule is Cc1cc(C)cc(NC(=O)c2cc(-c3ccccc3)on2)c1. The zero-order valence-electron chi connectivity index (χ0n) is 12.5. The van der Waals surface area contributed by atoms with Crippen LogP contribution in [0.3, 0.4) is 0 Å². The van der Waals surface area contributed by atoms with Gasteiger partial charge in [-0.15, -0.1) is 0 Å². The van der Waals surface area contributed by atoms with Gasteiger partial charge in [0.15, 0.2) is 11.5 Å². The van der Waals surface area contributed by atoms with Crippen molar-refractivity contribution in [1.29, 1.82) is 0 Å². The average molecular weight is 292 g/mol. The average Bonchev–Trinajstić information content (AvgIpc) is 2.97. The van der Waals surface area contributed by atoms with E-state index >= 15 is 0 Å². The zero-order valence-corrected chi connectivity index (χ0v) is 12.5. The van der Waals surface area contributed by atoms with Gasteiger partial charge in [-0.2, -0.15) is 0 Å². The number of benzene rings is 2. The third-order valence-electron chi connectivity index (χ3n) is 3.28. The predicted octanol–water partition coefficient (Wildman–Crippen LogP) is 4.21. The maximum Gasteiger partial charge on any atom is 0.277 e. The Kier molecular flexibility index (Phi) is 3.74. The Bertz CT molecular complexity index is 787. The highest BCUT2D eigenvalue weighted by Crippen LogP contribution is 2.21. The number of rotatable bonds is 3. The first kappa shape index (κ1) is 14.1. The fraction of sp³-hybridized carbons (Fsp3) is 0.111. The Hall–Kier alpha value is -2.88. The summed E-state index contributed by atoms with van der Waals surface area (Å²) < 4.78 is 5.25. The van der Waals surface area contributed by atoms with E-state index in [1.807, 2.05) is 56.3 Å². The van der Waals surface area contributed by atoms with Crippen LogP contribution >= 0.6 is 0 Å². The van der Waals surface area contributed by atoms with Crippen molar-refractivity contribution in [1.82, 2.24) is 5.16 Å². The highest BCUT2D eigenvalue weighted by atomic mass is 16.5. The highest BCUT2D eigenvalue weighted by Gasteiger charge is 2.14. The minimum Gasteiger partial charge on any atom is -0.355 e. The second-order valence-corrected chi connectivity index (χ2v) is 5.27. The molecule has 4 nitrogen and oxygen atoms in total. The number of hydrogen-bond donors (Lipinski definition) is 1. The molecule has 1 aromatic heterocycles. The first-order valence-corrected chi connectivity index (χ1v) is 7.03. The Labute approximate surface area is 128 Å². The topological polar surface area (TPSA) is 55.1 Å². The van der Waals surface area contributed by atoms with Crippen molar-refractivity contribution in [2.45, 2.75) is 13.8 Å². The van der Waals surface area contributed by atoms with Crippen molar-refractivity contribution in [3.05, 3.63) is 71.4 Å². The lowest BCUT2D eigenvalue weighted by Gasteiger charge is -2.05. The van der Waals surface area contributed by atoms with E-state index in [0.717, 1.165) is 22.4 Å². The summed E-state index contributed by atoms with van der Waals surface area (Å²) in [6.45, 7) is 3.98. The minimum atomic E-state index is -0.282. The van der Waals surface area contributed by atoms with Gasteiger partial charge in [0.05, 0.1) is 0 Å². The molecule has 0 spiro atoms. The molecule has 1 heterocycles. The smallest absolute Gasteiger partial charge is 0.277 e. The van der Waals surface area contributed by atoms with Gasteiger partial charge in [-0.3, -0.25) is 4.79 Å². The van der Waals surface area contributed by atoms with E-state index in [-0.39, 0.29) is 11.6 Å². The van der Waals surface area contributed by atoms with Crippen LogP contribution in [0.4, 0.5) is 5.69 Å². The van der Waals surface area contributed by atoms with Gasteiger partial charge in [0, 0.05) is 17.3 Å². The molecule has 3 aromatic rings. The van der Waals surface area contributed by atoms with E-state index in [1.54, 1.807) is 6.07 Å². The summed E-state index contributed by atoms with van der Waals surface area (Å²) in [7, 11) is 0. The number of carbonyl (C=O) groups excluding carboxylic acids is 1. The quantitative estimate of drug-likeness (QED) is 0.786. The molecule has 0 atom stereocenters. The second kappa shape index (κ2) is 5.85. The summed E-state index contributed by atoms with van der Waals surface area (Å²) in [5.74, 6) is 0.294. The Balaban J connectivity index is 1.80. The van der Waals surface area contributed by atoms with Crippen LogP contribution in [0.25, 0.3) is 11.3 Å². The fourth-order valence-electron chi connectivity index (χ4n) is 2.36. The minimum absolute atomic E-state index is 0.262. The van der Waals surface area contributed by atoms with Crippen molar-refractivity contribution in [2.24, 2.45) is 0 Å². The van der Waals surface area contributed by atoms with Crippen LogP contribution in [-0.4, -0.2) is 11.1 Å². The van der Waals surface area contributed by atoms with Gasteiger partial charge in [-0.1, -0.05) is 41.6 Å². The van der Waals surface area contributed by atoms with Gasteiger partial charge < -0.3 is 9.84 Å². The van der Waals surface area contributed by atoms with E-state index in [1.165, 1.54) is 0 Å². The molecule has 2 aromatic carbocycles. The largest absolute Gasteiger partial charge is 0.355 e. The Morgan fingerprint density at radius 3 is 2.36 bits per heavy atom. The molecule has 0 saturated heterocycles. The van der Waals surface area contributed by atoms with Gasteiger partial charge in [-0.05, 0) is 37.1 Å². The first-order chi connectivity index (χ1) is 10.6. The molecule has 0 aliphatic heterocycles. The molecule has 0 unspecified atom stereocenters. The monoisotopic (exact) mass is 292 g/mol. The highest BCUT2D eigenvalue weighted by molar-refractivity contribution is 6.03. The van der Waals surface area contributed by atoms with Crippen molar-refractivity contribution < 1.29 is 9.32 Å². The van der Waals surface area contributed by atoms with E-state index in [2.05, 4.69) is 16.5 Å². The molecule has 0 bridgehead atoms. The Morgan fingerprint density at radius 1 is 1.00 bits per heavy atom. The third-order valence-corrected chi connectivity index (χ3v) is 3.28. The number of amides is 1. The maximum absolute atomic E-state index is 12.2. The molecule has 3 rings (SSSR count). The number of nitrogens with one attached hydrogen (secondary N) is 1. The maximum atomic E-state index is 12.2. The lowest BCUT2D eigenvalue weighted by atomic mass is 10.1. The molecule has 0 aliphatic rings. The number of aryl methyl sites for hydroxylation is 2. The summed E-state index contributed by atoms with van der Waals surface area (Å²) in [5, 5.41) is 6.69. The molecule has 0 radical (unpaired) electrons. The van der Waals surface area contributed by atoms with Gasteiger partial charge in [0.25, 0.3) is 5.91 Å². The molecule has 22 heavy (non-hydrogen) atoms. The van der Waals surface area contributed by atoms with Crippen LogP contribution in [0.2, 0.25) is 0 Å². The molecule has 0 aliphatic carbocycles. The van der Waals surface area contributed by atoms with Crippen molar-refractivity contribution in [2.75, 3.05) is 5.32 Å². The molecule has 0 fully saturated rings. The van der Waals surface area contributed by atoms with Gasteiger partial charge in [0.1, 0.15) is 0 Å². The standard InChI is InChI=1S/C18H16N2O2/c1-12-8-13(2)10-15(9-12)19-18(21)16-11-17(22-20-16)14-6-4-3-5-7-14/h3-11H,1-2H3,(H,19,21). The molecule has 1 N–H and O–H groups in total. The van der Waals surface area contributed by atoms with Gasteiger partial charge in [-0.25, -0.2) is 0 Å². The fourth-order valence-corrected chi connectivity index (χ4v) is 2.36. The van der Waals surface area contributed by atoms with E-state index in [4.69, 9.17) is 4.52 Å². The lowest BCUT2D eigenvalue weighted by Crippen LogP contribution is -2.12. The number of hydrogen-bond acceptors (Lipinski definition) is 3. The van der Waals surface area contributed by atoms with Gasteiger partial charge >= 0.3 is 0 Å². The Morgan fingerprint density at radius 2 is 1.68 bits per heavy atom. The number of carbonyl (C=O) groups is 1. The van der Waals surface area contributed by atoms with Crippen LogP contribution < -0.4 is 5.32 Å². The molecule has 1 amide bonds. The first-order valence-electron chi connectivity index (χ1n) is 7.03. The third kappa shape index (κ3) is 3.06. The number of anilines is 1. The molecule has 0 saturated carbocycles. The van der Waals surface area contributed by atoms with Crippen LogP contribution in [0.5, 0.6) is 0 Å². The van der Waals surface area contributed by atoms with Crippen molar-refractivity contribution in [3.63, 3.8) is 0 Å². The zero-order chi connectivity index (χ0) is 15.5. The molecular formula is C18H16N2O2. The molecular weight excluding hydrogens is 276 g/mol. The number of nitrogens with zero attached hydrogens (tertiary/aromatic N) is 1. The second-order valence-electron chi connectivity index (χ2n) is 5.27. The lowest BCUT2D eigenvalue weighted by molar-refractivity contribution is 0.101. The van der Waals surface area contributed by atoms with Crippen LogP contribution in [-0.2, 0) is 0 Å². The van der Waals surface area contributed by atoms with Crippen molar-refractivity contribution >= 4 is 11.6 Å². The predicted molar refractivity (Wildman–Crippen MR) is 85.8 cm³/mol. The summed E-state index contributed by atoms with van der Waals surface area (Å²) in [4.78, 5) is 12.2.